The normalized spacial score (nSPS) is 9.93. The summed E-state index contributed by atoms with van der Waals surface area (Å²) >= 11 is 1.38. The van der Waals surface area contributed by atoms with Gasteiger partial charge >= 0.3 is 0 Å². The van der Waals surface area contributed by atoms with Gasteiger partial charge in [-0.2, -0.15) is 5.26 Å². The highest BCUT2D eigenvalue weighted by molar-refractivity contribution is 7.13. The number of nitrogen functional groups attached to an aromatic ring is 1. The van der Waals surface area contributed by atoms with Gasteiger partial charge in [-0.15, -0.1) is 16.4 Å². The lowest BCUT2D eigenvalue weighted by molar-refractivity contribution is 0.672. The lowest BCUT2D eigenvalue weighted by Gasteiger charge is -1.93. The number of anilines is 1. The average Bonchev–Trinajstić information content (AvgIpc) is 2.76. The number of nitrogens with zero attached hydrogens (tertiary/aromatic N) is 5. The van der Waals surface area contributed by atoms with Crippen LogP contribution in [-0.2, 0) is 6.54 Å². The molecule has 14 heavy (non-hydrogen) atoms. The summed E-state index contributed by atoms with van der Waals surface area (Å²) in [5.74, 6) is 0.160. The molecule has 0 bridgehead atoms. The number of hydrogen-bond donors (Lipinski definition) is 1. The molecule has 0 aliphatic carbocycles. The molecule has 6 nitrogen and oxygen atoms in total. The van der Waals surface area contributed by atoms with E-state index in [4.69, 9.17) is 11.0 Å². The smallest absolute Gasteiger partial charge is 0.252 e. The van der Waals surface area contributed by atoms with Gasteiger partial charge in [0.25, 0.3) is 5.82 Å². The number of aromatic nitrogens is 4. The van der Waals surface area contributed by atoms with Gasteiger partial charge in [-0.25, -0.2) is 14.6 Å². The van der Waals surface area contributed by atoms with E-state index < -0.39 is 0 Å². The summed E-state index contributed by atoms with van der Waals surface area (Å²) in [6.07, 6.45) is 1.49. The van der Waals surface area contributed by atoms with Gasteiger partial charge in [0.2, 0.25) is 0 Å². The topological polar surface area (TPSA) is 93.4 Å². The van der Waals surface area contributed by atoms with E-state index in [0.29, 0.717) is 11.7 Å². The van der Waals surface area contributed by atoms with Gasteiger partial charge in [0.05, 0.1) is 12.2 Å². The maximum atomic E-state index is 8.50. The van der Waals surface area contributed by atoms with E-state index in [1.807, 2.05) is 11.4 Å². The molecule has 2 N–H and O–H groups in total. The van der Waals surface area contributed by atoms with Crippen molar-refractivity contribution in [3.8, 4) is 6.07 Å². The Labute approximate surface area is 83.6 Å². The van der Waals surface area contributed by atoms with Crippen LogP contribution in [0, 0.1) is 11.3 Å². The zero-order chi connectivity index (χ0) is 9.97. The molecule has 0 fully saturated rings. The summed E-state index contributed by atoms with van der Waals surface area (Å²) in [6.45, 7) is 0.488. The highest BCUT2D eigenvalue weighted by atomic mass is 32.1. The Morgan fingerprint density at radius 1 is 1.64 bits per heavy atom. The van der Waals surface area contributed by atoms with Crippen LogP contribution >= 0.6 is 11.3 Å². The molecule has 0 saturated heterocycles. The number of nitrogens with two attached hydrogens (primary N) is 1. The van der Waals surface area contributed by atoms with Crippen LogP contribution in [0.2, 0.25) is 0 Å². The van der Waals surface area contributed by atoms with Crippen LogP contribution in [0.25, 0.3) is 0 Å². The van der Waals surface area contributed by atoms with Gasteiger partial charge in [0.15, 0.2) is 5.13 Å². The van der Waals surface area contributed by atoms with Crippen LogP contribution < -0.4 is 5.73 Å². The van der Waals surface area contributed by atoms with Gasteiger partial charge in [0.1, 0.15) is 12.4 Å². The number of thiazole rings is 1. The van der Waals surface area contributed by atoms with Crippen molar-refractivity contribution < 1.29 is 0 Å². The minimum Gasteiger partial charge on any atom is -0.375 e. The van der Waals surface area contributed by atoms with E-state index >= 15 is 0 Å². The summed E-state index contributed by atoms with van der Waals surface area (Å²) in [5, 5.41) is 14.8. The van der Waals surface area contributed by atoms with Gasteiger partial charge < -0.3 is 5.73 Å². The van der Waals surface area contributed by atoms with Gasteiger partial charge in [-0.3, -0.25) is 0 Å². The fourth-order valence-electron chi connectivity index (χ4n) is 0.983. The molecule has 7 heteroatoms. The molecule has 2 aromatic heterocycles. The van der Waals surface area contributed by atoms with Crippen LogP contribution in [0.1, 0.15) is 11.5 Å². The Balaban J connectivity index is 2.15. The van der Waals surface area contributed by atoms with Crippen LogP contribution in [-0.4, -0.2) is 19.7 Å². The van der Waals surface area contributed by atoms with Crippen molar-refractivity contribution in [3.05, 3.63) is 23.2 Å². The van der Waals surface area contributed by atoms with E-state index in [2.05, 4.69) is 15.1 Å². The molecular weight excluding hydrogens is 200 g/mol. The second kappa shape index (κ2) is 3.43. The van der Waals surface area contributed by atoms with E-state index in [0.717, 1.165) is 5.69 Å². The van der Waals surface area contributed by atoms with Crippen molar-refractivity contribution in [2.24, 2.45) is 0 Å². The molecule has 0 radical (unpaired) electrons. The number of hydrogen-bond acceptors (Lipinski definition) is 6. The average molecular weight is 206 g/mol. The van der Waals surface area contributed by atoms with Crippen LogP contribution in [0.4, 0.5) is 5.13 Å². The van der Waals surface area contributed by atoms with Crippen molar-refractivity contribution >= 4 is 16.5 Å². The third kappa shape index (κ3) is 1.70. The standard InChI is InChI=1S/C7H6N6S/c8-1-6-10-4-13(12-6)2-5-3-14-7(9)11-5/h3-4H,2H2,(H2,9,11). The third-order valence-electron chi connectivity index (χ3n) is 1.53. The Hall–Kier alpha value is -1.94. The monoisotopic (exact) mass is 206 g/mol. The SMILES string of the molecule is N#Cc1ncn(Cc2csc(N)n2)n1. The van der Waals surface area contributed by atoms with E-state index in [9.17, 15) is 0 Å². The van der Waals surface area contributed by atoms with E-state index in [-0.39, 0.29) is 5.82 Å². The van der Waals surface area contributed by atoms with Gasteiger partial charge in [0, 0.05) is 5.38 Å². The first kappa shape index (κ1) is 8.65. The first-order chi connectivity index (χ1) is 6.78. The Morgan fingerprint density at radius 3 is 3.07 bits per heavy atom. The molecule has 0 aromatic carbocycles. The predicted molar refractivity (Wildman–Crippen MR) is 50.4 cm³/mol. The van der Waals surface area contributed by atoms with Crippen LogP contribution in [0.15, 0.2) is 11.7 Å². The van der Waals surface area contributed by atoms with Gasteiger partial charge in [-0.05, 0) is 0 Å². The molecule has 2 aromatic rings. The highest BCUT2D eigenvalue weighted by Crippen LogP contribution is 2.11. The number of nitriles is 1. The molecule has 0 aliphatic rings. The molecule has 2 heterocycles. The fraction of sp³-hybridized carbons (Fsp3) is 0.143. The van der Waals surface area contributed by atoms with Crippen molar-refractivity contribution in [2.75, 3.05) is 5.73 Å². The molecular formula is C7H6N6S. The molecule has 70 valence electrons. The molecule has 0 unspecified atom stereocenters. The molecule has 0 saturated carbocycles. The minimum atomic E-state index is 0.160. The highest BCUT2D eigenvalue weighted by Gasteiger charge is 2.02. The Kier molecular flexibility index (Phi) is 2.12. The second-order valence-electron chi connectivity index (χ2n) is 2.55. The summed E-state index contributed by atoms with van der Waals surface area (Å²) in [4.78, 5) is 7.84. The van der Waals surface area contributed by atoms with Gasteiger partial charge in [-0.1, -0.05) is 0 Å². The zero-order valence-corrected chi connectivity index (χ0v) is 7.90. The summed E-state index contributed by atoms with van der Waals surface area (Å²) < 4.78 is 1.55. The van der Waals surface area contributed by atoms with Crippen LogP contribution in [0.3, 0.4) is 0 Å². The van der Waals surface area contributed by atoms with E-state index in [1.54, 1.807) is 4.68 Å². The quantitative estimate of drug-likeness (QED) is 0.759. The first-order valence-corrected chi connectivity index (χ1v) is 4.65. The molecule has 0 spiro atoms. The first-order valence-electron chi connectivity index (χ1n) is 3.77. The zero-order valence-electron chi connectivity index (χ0n) is 7.08. The molecule has 2 rings (SSSR count). The third-order valence-corrected chi connectivity index (χ3v) is 2.25. The van der Waals surface area contributed by atoms with Crippen molar-refractivity contribution in [1.82, 2.24) is 19.7 Å². The lowest BCUT2D eigenvalue weighted by Crippen LogP contribution is -2.01. The molecule has 0 atom stereocenters. The molecule has 0 amide bonds. The van der Waals surface area contributed by atoms with Crippen molar-refractivity contribution in [3.63, 3.8) is 0 Å². The Bertz CT molecular complexity index is 478. The minimum absolute atomic E-state index is 0.160. The summed E-state index contributed by atoms with van der Waals surface area (Å²) in [5.41, 5.74) is 6.29. The van der Waals surface area contributed by atoms with Crippen molar-refractivity contribution in [2.45, 2.75) is 6.54 Å². The summed E-state index contributed by atoms with van der Waals surface area (Å²) in [6, 6.07) is 1.85. The maximum Gasteiger partial charge on any atom is 0.252 e. The predicted octanol–water partition coefficient (Wildman–Crippen LogP) is 0.237. The van der Waals surface area contributed by atoms with Crippen molar-refractivity contribution in [1.29, 1.82) is 5.26 Å². The summed E-state index contributed by atoms with van der Waals surface area (Å²) in [7, 11) is 0. The van der Waals surface area contributed by atoms with E-state index in [1.165, 1.54) is 17.7 Å². The second-order valence-corrected chi connectivity index (χ2v) is 3.44. The largest absolute Gasteiger partial charge is 0.375 e. The fourth-order valence-corrected chi connectivity index (χ4v) is 1.54. The number of rotatable bonds is 2. The lowest BCUT2D eigenvalue weighted by atomic mass is 10.5. The maximum absolute atomic E-state index is 8.50. The molecule has 0 aliphatic heterocycles. The Morgan fingerprint density at radius 2 is 2.50 bits per heavy atom. The van der Waals surface area contributed by atoms with Crippen LogP contribution in [0.5, 0.6) is 0 Å².